The van der Waals surface area contributed by atoms with E-state index in [2.05, 4.69) is 29.0 Å². The van der Waals surface area contributed by atoms with Crippen molar-refractivity contribution in [1.29, 1.82) is 0 Å². The molecule has 1 aromatic heterocycles. The number of amides is 1. The number of aryl methyl sites for hydroxylation is 1. The van der Waals surface area contributed by atoms with Crippen molar-refractivity contribution in [2.24, 2.45) is 5.92 Å². The number of ether oxygens (including phenoxy) is 1. The number of halogens is 1. The van der Waals surface area contributed by atoms with Gasteiger partial charge in [0.15, 0.2) is 5.69 Å². The van der Waals surface area contributed by atoms with Gasteiger partial charge in [-0.1, -0.05) is 49.4 Å². The molecule has 1 aliphatic rings. The molecule has 0 N–H and O–H groups in total. The molecule has 4 rings (SSSR count). The highest BCUT2D eigenvalue weighted by atomic mass is 32.2. The maximum absolute atomic E-state index is 14.0. The Balaban J connectivity index is 1.91. The molecule has 0 spiro atoms. The number of nitrogens with zero attached hydrogens (tertiary/aromatic N) is 4. The van der Waals surface area contributed by atoms with E-state index in [9.17, 15) is 9.18 Å². The third-order valence-corrected chi connectivity index (χ3v) is 6.04. The first-order chi connectivity index (χ1) is 14.8. The van der Waals surface area contributed by atoms with E-state index in [1.807, 2.05) is 25.1 Å². The smallest absolute Gasteiger partial charge is 0.247 e. The van der Waals surface area contributed by atoms with Gasteiger partial charge in [0.1, 0.15) is 5.82 Å². The van der Waals surface area contributed by atoms with Crippen LogP contribution in [0.15, 0.2) is 47.6 Å². The summed E-state index contributed by atoms with van der Waals surface area (Å²) in [4.78, 5) is 18.9. The largest absolute Gasteiger partial charge is 0.447 e. The summed E-state index contributed by atoms with van der Waals surface area (Å²) in [5.41, 5.74) is 3.27. The molecular weight excluding hydrogens is 415 g/mol. The van der Waals surface area contributed by atoms with Gasteiger partial charge in [-0.05, 0) is 37.1 Å². The van der Waals surface area contributed by atoms with Crippen LogP contribution in [0.5, 0.6) is 5.88 Å². The van der Waals surface area contributed by atoms with Gasteiger partial charge in [0.25, 0.3) is 0 Å². The molecule has 31 heavy (non-hydrogen) atoms. The topological polar surface area (TPSA) is 68.2 Å². The highest BCUT2D eigenvalue weighted by Gasteiger charge is 2.34. The Morgan fingerprint density at radius 2 is 2.03 bits per heavy atom. The van der Waals surface area contributed by atoms with E-state index in [0.29, 0.717) is 33.6 Å². The van der Waals surface area contributed by atoms with E-state index in [4.69, 9.17) is 4.74 Å². The van der Waals surface area contributed by atoms with Crippen LogP contribution in [-0.2, 0) is 4.79 Å². The molecule has 0 saturated heterocycles. The minimum absolute atomic E-state index is 0.241. The highest BCUT2D eigenvalue weighted by molar-refractivity contribution is 7.99. The first-order valence-corrected chi connectivity index (χ1v) is 11.0. The lowest BCUT2D eigenvalue weighted by Gasteiger charge is -2.30. The van der Waals surface area contributed by atoms with Crippen molar-refractivity contribution in [1.82, 2.24) is 15.2 Å². The number of carbonyl (C=O) groups is 1. The Labute approximate surface area is 184 Å². The van der Waals surface area contributed by atoms with E-state index in [1.165, 1.54) is 35.7 Å². The van der Waals surface area contributed by atoms with Gasteiger partial charge in [-0.15, -0.1) is 10.2 Å². The molecule has 3 aromatic rings. The van der Waals surface area contributed by atoms with E-state index in [0.717, 1.165) is 11.3 Å². The Kier molecular flexibility index (Phi) is 5.91. The van der Waals surface area contributed by atoms with E-state index in [-0.39, 0.29) is 11.8 Å². The second-order valence-electron chi connectivity index (χ2n) is 7.89. The lowest BCUT2D eigenvalue weighted by molar-refractivity contribution is -0.118. The fraction of sp³-hybridized carbons (Fsp3) is 0.304. The lowest BCUT2D eigenvalue weighted by atomic mass is 10.0. The average molecular weight is 439 g/mol. The van der Waals surface area contributed by atoms with E-state index >= 15 is 0 Å². The molecule has 2 heterocycles. The zero-order chi connectivity index (χ0) is 22.1. The Hall–Kier alpha value is -3.00. The summed E-state index contributed by atoms with van der Waals surface area (Å²) in [6.45, 7) is 7.65. The van der Waals surface area contributed by atoms with Gasteiger partial charge in [-0.3, -0.25) is 9.69 Å². The fourth-order valence-electron chi connectivity index (χ4n) is 3.40. The van der Waals surface area contributed by atoms with Crippen LogP contribution >= 0.6 is 11.8 Å². The molecule has 0 saturated carbocycles. The Bertz CT molecular complexity index is 1140. The summed E-state index contributed by atoms with van der Waals surface area (Å²) in [6.07, 6.45) is -0.893. The minimum Gasteiger partial charge on any atom is -0.447 e. The zero-order valence-corrected chi connectivity index (χ0v) is 18.6. The van der Waals surface area contributed by atoms with Crippen molar-refractivity contribution in [3.05, 3.63) is 59.4 Å². The molecule has 1 atom stereocenters. The highest BCUT2D eigenvalue weighted by Crippen LogP contribution is 2.43. The van der Waals surface area contributed by atoms with Crippen molar-refractivity contribution < 1.29 is 13.9 Å². The molecule has 0 fully saturated rings. The first kappa shape index (κ1) is 21.2. The van der Waals surface area contributed by atoms with Crippen LogP contribution < -0.4 is 9.64 Å². The van der Waals surface area contributed by atoms with Gasteiger partial charge >= 0.3 is 0 Å². The van der Waals surface area contributed by atoms with Gasteiger partial charge in [-0.2, -0.15) is 4.98 Å². The summed E-state index contributed by atoms with van der Waals surface area (Å²) >= 11 is 1.49. The quantitative estimate of drug-likeness (QED) is 0.523. The van der Waals surface area contributed by atoms with Gasteiger partial charge in [0.2, 0.25) is 23.2 Å². The summed E-state index contributed by atoms with van der Waals surface area (Å²) < 4.78 is 20.3. The number of rotatable bonds is 4. The van der Waals surface area contributed by atoms with Crippen molar-refractivity contribution in [2.75, 3.05) is 10.7 Å². The molecule has 1 unspecified atom stereocenters. The first-order valence-electron chi connectivity index (χ1n) is 10.0. The second kappa shape index (κ2) is 8.63. The summed E-state index contributed by atoms with van der Waals surface area (Å²) in [7, 11) is 0. The van der Waals surface area contributed by atoms with Crippen molar-refractivity contribution >= 4 is 23.4 Å². The van der Waals surface area contributed by atoms with Gasteiger partial charge in [0, 0.05) is 23.8 Å². The molecule has 0 bridgehead atoms. The maximum Gasteiger partial charge on any atom is 0.247 e. The Morgan fingerprint density at radius 1 is 1.23 bits per heavy atom. The summed E-state index contributed by atoms with van der Waals surface area (Å²) in [6, 6.07) is 11.7. The minimum atomic E-state index is -0.893. The van der Waals surface area contributed by atoms with Gasteiger partial charge < -0.3 is 4.74 Å². The lowest BCUT2D eigenvalue weighted by Crippen LogP contribution is -2.36. The fourth-order valence-corrected chi connectivity index (χ4v) is 4.13. The Morgan fingerprint density at radius 3 is 2.74 bits per heavy atom. The van der Waals surface area contributed by atoms with E-state index in [1.54, 1.807) is 12.1 Å². The number of fused-ring (bicyclic) bond motifs is 3. The maximum atomic E-state index is 14.0. The number of thioether (sulfide) groups is 1. The molecular formula is C23H23FN4O2S. The van der Waals surface area contributed by atoms with Gasteiger partial charge in [-0.25, -0.2) is 4.39 Å². The van der Waals surface area contributed by atoms with Crippen molar-refractivity contribution in [2.45, 2.75) is 39.1 Å². The summed E-state index contributed by atoms with van der Waals surface area (Å²) in [5.74, 6) is 0.918. The molecule has 6 nitrogen and oxygen atoms in total. The molecule has 1 aliphatic heterocycles. The second-order valence-corrected chi connectivity index (χ2v) is 8.87. The molecule has 0 radical (unpaired) electrons. The normalized spacial score (nSPS) is 15.2. The third-order valence-electron chi connectivity index (χ3n) is 4.78. The van der Waals surface area contributed by atoms with Gasteiger partial charge in [0.05, 0.1) is 5.69 Å². The number of anilines is 1. The van der Waals surface area contributed by atoms with Crippen molar-refractivity contribution in [3.63, 3.8) is 0 Å². The zero-order valence-electron chi connectivity index (χ0n) is 17.8. The number of aromatic nitrogens is 3. The molecule has 8 heteroatoms. The van der Waals surface area contributed by atoms with Crippen LogP contribution in [-0.4, -0.2) is 26.8 Å². The third kappa shape index (κ3) is 4.39. The predicted molar refractivity (Wildman–Crippen MR) is 118 cm³/mol. The van der Waals surface area contributed by atoms with Crippen molar-refractivity contribution in [3.8, 4) is 17.1 Å². The number of hydrogen-bond donors (Lipinski definition) is 0. The summed E-state index contributed by atoms with van der Waals surface area (Å²) in [5, 5.41) is 9.18. The van der Waals surface area contributed by atoms with E-state index < -0.39 is 12.0 Å². The standard InChI is InChI=1S/C23H23FN4O2S/c1-13(2)12-31-23-25-21-20(26-27-23)18-10-14(3)8-9-19(18)28(15(4)29)22(30-21)16-6-5-7-17(24)11-16/h5-11,13,22H,12H2,1-4H3. The van der Waals surface area contributed by atoms with Crippen LogP contribution in [0, 0.1) is 18.7 Å². The van der Waals surface area contributed by atoms with Crippen LogP contribution in [0.3, 0.4) is 0 Å². The number of hydrogen-bond acceptors (Lipinski definition) is 6. The molecule has 0 aliphatic carbocycles. The van der Waals surface area contributed by atoms with Crippen LogP contribution in [0.25, 0.3) is 11.3 Å². The average Bonchev–Trinajstić information content (AvgIpc) is 2.86. The SMILES string of the molecule is CC(=O)N1c2ccc(C)cc2-c2nnc(SCC(C)C)nc2OC1c1cccc(F)c1. The number of benzene rings is 2. The molecule has 160 valence electrons. The predicted octanol–water partition coefficient (Wildman–Crippen LogP) is 5.18. The monoisotopic (exact) mass is 438 g/mol. The van der Waals surface area contributed by atoms with Crippen LogP contribution in [0.2, 0.25) is 0 Å². The van der Waals surface area contributed by atoms with Crippen LogP contribution in [0.4, 0.5) is 10.1 Å². The number of carbonyl (C=O) groups excluding carboxylic acids is 1. The molecule has 2 aromatic carbocycles. The van der Waals surface area contributed by atoms with Crippen LogP contribution in [0.1, 0.15) is 38.1 Å². The molecule has 1 amide bonds.